The van der Waals surface area contributed by atoms with E-state index in [-0.39, 0.29) is 5.91 Å². The molecule has 29 heavy (non-hydrogen) atoms. The molecule has 1 saturated heterocycles. The largest absolute Gasteiger partial charge is 0.378 e. The van der Waals surface area contributed by atoms with Gasteiger partial charge in [0, 0.05) is 67.3 Å². The number of amides is 1. The molecule has 1 aromatic carbocycles. The summed E-state index contributed by atoms with van der Waals surface area (Å²) in [5.74, 6) is -0.190. The molecule has 3 heterocycles. The molecule has 3 aromatic rings. The van der Waals surface area contributed by atoms with Gasteiger partial charge in [0.15, 0.2) is 0 Å². The fourth-order valence-electron chi connectivity index (χ4n) is 3.31. The second-order valence-corrected chi connectivity index (χ2v) is 6.84. The third-order valence-corrected chi connectivity index (χ3v) is 4.77. The molecule has 1 aliphatic heterocycles. The molecule has 0 saturated carbocycles. The Kier molecular flexibility index (Phi) is 5.67. The first-order valence-electron chi connectivity index (χ1n) is 9.54. The molecular weight excluding hydrogens is 366 g/mol. The maximum atomic E-state index is 12.5. The van der Waals surface area contributed by atoms with E-state index in [2.05, 4.69) is 20.3 Å². The molecule has 1 aliphatic rings. The van der Waals surface area contributed by atoms with Gasteiger partial charge >= 0.3 is 0 Å². The van der Waals surface area contributed by atoms with Crippen molar-refractivity contribution in [2.24, 2.45) is 7.05 Å². The number of hydrogen-bond donors (Lipinski definition) is 1. The highest BCUT2D eigenvalue weighted by Gasteiger charge is 2.12. The number of nitrogens with zero attached hydrogens (tertiary/aromatic N) is 4. The van der Waals surface area contributed by atoms with Crippen LogP contribution in [0.15, 0.2) is 61.2 Å². The van der Waals surface area contributed by atoms with Crippen LogP contribution in [0.2, 0.25) is 0 Å². The molecule has 0 unspecified atom stereocenters. The topological polar surface area (TPSA) is 72.3 Å². The number of morpholine rings is 1. The van der Waals surface area contributed by atoms with Crippen molar-refractivity contribution in [3.8, 4) is 11.1 Å². The van der Waals surface area contributed by atoms with Gasteiger partial charge < -0.3 is 15.0 Å². The molecule has 7 heteroatoms. The SMILES string of the molecule is Cn1cc(-c2ccncc2C=CC(=O)Nc2cccc(N3CCOCC3)c2)cn1. The van der Waals surface area contributed by atoms with Crippen LogP contribution in [0.25, 0.3) is 17.2 Å². The van der Waals surface area contributed by atoms with E-state index < -0.39 is 0 Å². The molecule has 0 spiro atoms. The molecule has 1 N–H and O–H groups in total. The first kappa shape index (κ1) is 18.9. The minimum Gasteiger partial charge on any atom is -0.378 e. The number of anilines is 2. The normalized spacial score (nSPS) is 14.3. The third-order valence-electron chi connectivity index (χ3n) is 4.77. The predicted molar refractivity (Wildman–Crippen MR) is 114 cm³/mol. The maximum Gasteiger partial charge on any atom is 0.248 e. The highest BCUT2D eigenvalue weighted by Crippen LogP contribution is 2.24. The molecule has 2 aromatic heterocycles. The first-order chi connectivity index (χ1) is 14.2. The van der Waals surface area contributed by atoms with Crippen LogP contribution in [0, 0.1) is 0 Å². The number of pyridine rings is 1. The molecule has 0 radical (unpaired) electrons. The second-order valence-electron chi connectivity index (χ2n) is 6.84. The molecule has 0 aliphatic carbocycles. The van der Waals surface area contributed by atoms with Crippen LogP contribution in [0.3, 0.4) is 0 Å². The summed E-state index contributed by atoms with van der Waals surface area (Å²) in [6, 6.07) is 9.79. The minimum absolute atomic E-state index is 0.190. The van der Waals surface area contributed by atoms with E-state index in [0.717, 1.165) is 54.4 Å². The van der Waals surface area contributed by atoms with Crippen LogP contribution in [-0.4, -0.2) is 47.0 Å². The van der Waals surface area contributed by atoms with Gasteiger partial charge in [-0.2, -0.15) is 5.10 Å². The summed E-state index contributed by atoms with van der Waals surface area (Å²) >= 11 is 0. The lowest BCUT2D eigenvalue weighted by Crippen LogP contribution is -2.36. The molecule has 148 valence electrons. The Morgan fingerprint density at radius 1 is 1.21 bits per heavy atom. The van der Waals surface area contributed by atoms with E-state index in [4.69, 9.17) is 4.74 Å². The van der Waals surface area contributed by atoms with Gasteiger partial charge in [-0.05, 0) is 35.9 Å². The fraction of sp³-hybridized carbons (Fsp3) is 0.227. The zero-order valence-corrected chi connectivity index (χ0v) is 16.3. The number of aryl methyl sites for hydroxylation is 1. The average Bonchev–Trinajstić information content (AvgIpc) is 3.19. The van der Waals surface area contributed by atoms with Crippen molar-refractivity contribution < 1.29 is 9.53 Å². The number of ether oxygens (including phenoxy) is 1. The van der Waals surface area contributed by atoms with E-state index >= 15 is 0 Å². The number of hydrogen-bond acceptors (Lipinski definition) is 5. The van der Waals surface area contributed by atoms with Crippen molar-refractivity contribution in [3.63, 3.8) is 0 Å². The summed E-state index contributed by atoms with van der Waals surface area (Å²) in [7, 11) is 1.87. The van der Waals surface area contributed by atoms with Gasteiger partial charge in [0.05, 0.1) is 19.4 Å². The standard InChI is InChI=1S/C22H23N5O2/c1-26-16-18(15-24-26)21-7-8-23-14-17(21)5-6-22(28)25-19-3-2-4-20(13-19)27-9-11-29-12-10-27/h2-8,13-16H,9-12H2,1H3,(H,25,28). The monoisotopic (exact) mass is 389 g/mol. The van der Waals surface area contributed by atoms with Crippen LogP contribution in [-0.2, 0) is 16.6 Å². The average molecular weight is 389 g/mol. The predicted octanol–water partition coefficient (Wildman–Crippen LogP) is 2.97. The van der Waals surface area contributed by atoms with Crippen LogP contribution in [0.4, 0.5) is 11.4 Å². The van der Waals surface area contributed by atoms with Crippen molar-refractivity contribution >= 4 is 23.4 Å². The van der Waals surface area contributed by atoms with Crippen LogP contribution >= 0.6 is 0 Å². The molecule has 7 nitrogen and oxygen atoms in total. The summed E-state index contributed by atoms with van der Waals surface area (Å²) < 4.78 is 7.15. The number of rotatable bonds is 5. The van der Waals surface area contributed by atoms with Gasteiger partial charge in [0.2, 0.25) is 5.91 Å². The zero-order valence-electron chi connectivity index (χ0n) is 16.3. The van der Waals surface area contributed by atoms with Gasteiger partial charge in [-0.15, -0.1) is 0 Å². The minimum atomic E-state index is -0.190. The highest BCUT2D eigenvalue weighted by atomic mass is 16.5. The van der Waals surface area contributed by atoms with Gasteiger partial charge in [-0.3, -0.25) is 14.5 Å². The van der Waals surface area contributed by atoms with E-state index in [1.807, 2.05) is 43.6 Å². The molecule has 1 amide bonds. The van der Waals surface area contributed by atoms with E-state index in [1.165, 1.54) is 6.08 Å². The Morgan fingerprint density at radius 3 is 2.86 bits per heavy atom. The molecule has 4 rings (SSSR count). The summed E-state index contributed by atoms with van der Waals surface area (Å²) in [6.07, 6.45) is 10.5. The van der Waals surface area contributed by atoms with Crippen molar-refractivity contribution in [1.29, 1.82) is 0 Å². The molecule has 0 atom stereocenters. The lowest BCUT2D eigenvalue weighted by molar-refractivity contribution is -0.111. The molecule has 1 fully saturated rings. The Hall–Kier alpha value is -3.45. The van der Waals surface area contributed by atoms with Crippen LogP contribution in [0.1, 0.15) is 5.56 Å². The molecular formula is C22H23N5O2. The number of benzene rings is 1. The number of carbonyl (C=O) groups is 1. The second kappa shape index (κ2) is 8.70. The van der Waals surface area contributed by atoms with Crippen molar-refractivity contribution in [1.82, 2.24) is 14.8 Å². The Morgan fingerprint density at radius 2 is 2.07 bits per heavy atom. The number of aromatic nitrogens is 3. The molecule has 0 bridgehead atoms. The summed E-state index contributed by atoms with van der Waals surface area (Å²) in [5, 5.41) is 7.15. The van der Waals surface area contributed by atoms with Crippen molar-refractivity contribution in [3.05, 3.63) is 66.8 Å². The van der Waals surface area contributed by atoms with Gasteiger partial charge in [0.1, 0.15) is 0 Å². The fourth-order valence-corrected chi connectivity index (χ4v) is 3.31. The van der Waals surface area contributed by atoms with Crippen LogP contribution in [0.5, 0.6) is 0 Å². The van der Waals surface area contributed by atoms with E-state index in [0.29, 0.717) is 0 Å². The van der Waals surface area contributed by atoms with Gasteiger partial charge in [-0.25, -0.2) is 0 Å². The third kappa shape index (κ3) is 4.70. The van der Waals surface area contributed by atoms with Crippen LogP contribution < -0.4 is 10.2 Å². The lowest BCUT2D eigenvalue weighted by Gasteiger charge is -2.29. The quantitative estimate of drug-likeness (QED) is 0.679. The number of carbonyl (C=O) groups excluding carboxylic acids is 1. The smallest absolute Gasteiger partial charge is 0.248 e. The maximum absolute atomic E-state index is 12.5. The lowest BCUT2D eigenvalue weighted by atomic mass is 10.0. The zero-order chi connectivity index (χ0) is 20.1. The summed E-state index contributed by atoms with van der Waals surface area (Å²) in [5.41, 5.74) is 4.67. The van der Waals surface area contributed by atoms with Gasteiger partial charge in [-0.1, -0.05) is 6.07 Å². The van der Waals surface area contributed by atoms with Crippen molar-refractivity contribution in [2.75, 3.05) is 36.5 Å². The van der Waals surface area contributed by atoms with Gasteiger partial charge in [0.25, 0.3) is 0 Å². The summed E-state index contributed by atoms with van der Waals surface area (Å²) in [6.45, 7) is 3.16. The Balaban J connectivity index is 1.46. The Labute approximate surface area is 169 Å². The number of nitrogens with one attached hydrogen (secondary N) is 1. The van der Waals surface area contributed by atoms with E-state index in [1.54, 1.807) is 29.3 Å². The van der Waals surface area contributed by atoms with Crippen molar-refractivity contribution in [2.45, 2.75) is 0 Å². The first-order valence-corrected chi connectivity index (χ1v) is 9.54. The Bertz CT molecular complexity index is 1020. The highest BCUT2D eigenvalue weighted by molar-refractivity contribution is 6.02. The van der Waals surface area contributed by atoms with E-state index in [9.17, 15) is 4.79 Å². The summed E-state index contributed by atoms with van der Waals surface area (Å²) in [4.78, 5) is 18.9.